The van der Waals surface area contributed by atoms with Crippen LogP contribution < -0.4 is 10.6 Å². The molecule has 2 N–H and O–H groups in total. The first kappa shape index (κ1) is 26.4. The van der Waals surface area contributed by atoms with Gasteiger partial charge in [-0.1, -0.05) is 43.2 Å². The molecule has 2 aromatic rings. The molecule has 2 aromatic carbocycles. The van der Waals surface area contributed by atoms with Gasteiger partial charge in [-0.25, -0.2) is 9.59 Å². The molecule has 0 bridgehead atoms. The highest BCUT2D eigenvalue weighted by molar-refractivity contribution is 5.89. The van der Waals surface area contributed by atoms with Crippen molar-refractivity contribution in [3.05, 3.63) is 60.2 Å². The lowest BCUT2D eigenvalue weighted by Gasteiger charge is -2.35. The number of unbranched alkanes of at least 4 members (excludes halogenated alkanes) is 3. The Labute approximate surface area is 209 Å². The quantitative estimate of drug-likeness (QED) is 0.433. The van der Waals surface area contributed by atoms with E-state index in [2.05, 4.69) is 34.9 Å². The van der Waals surface area contributed by atoms with Crippen LogP contribution in [0.4, 0.5) is 21.0 Å². The summed E-state index contributed by atoms with van der Waals surface area (Å²) < 4.78 is 5.41. The zero-order chi connectivity index (χ0) is 25.1. The van der Waals surface area contributed by atoms with Gasteiger partial charge in [-0.05, 0) is 69.9 Å². The molecule has 7 heteroatoms. The summed E-state index contributed by atoms with van der Waals surface area (Å²) in [6, 6.07) is 18.3. The Hall–Kier alpha value is -3.22. The lowest BCUT2D eigenvalue weighted by atomic mass is 10.1. The number of anilines is 2. The summed E-state index contributed by atoms with van der Waals surface area (Å²) in [5.74, 6) is 0. The minimum atomic E-state index is -0.516. The number of ether oxygens (including phenoxy) is 1. The Morgan fingerprint density at radius 1 is 0.800 bits per heavy atom. The Kier molecular flexibility index (Phi) is 9.82. The van der Waals surface area contributed by atoms with Gasteiger partial charge in [0.1, 0.15) is 5.60 Å². The molecule has 0 saturated carbocycles. The standard InChI is InChI=1S/C28H40N4O3/c1-28(2,3)35-27(34)32-21-19-31(20-22-32)26(33)30-25-16-14-23(15-17-25)11-7-4-5-10-18-29-24-12-8-6-9-13-24/h6,8-9,12-17,29H,4-5,7,10-11,18-22H2,1-3H3,(H,30,33). The van der Waals surface area contributed by atoms with Crippen LogP contribution in [0.5, 0.6) is 0 Å². The minimum Gasteiger partial charge on any atom is -0.444 e. The second kappa shape index (κ2) is 13.0. The average molecular weight is 481 g/mol. The van der Waals surface area contributed by atoms with E-state index in [1.54, 1.807) is 9.80 Å². The van der Waals surface area contributed by atoms with E-state index in [1.807, 2.05) is 51.1 Å². The van der Waals surface area contributed by atoms with Crippen molar-refractivity contribution in [3.63, 3.8) is 0 Å². The zero-order valence-corrected chi connectivity index (χ0v) is 21.4. The maximum Gasteiger partial charge on any atom is 0.410 e. The number of nitrogens with zero attached hydrogens (tertiary/aromatic N) is 2. The fraction of sp³-hybridized carbons (Fsp3) is 0.500. The third kappa shape index (κ3) is 9.51. The first-order chi connectivity index (χ1) is 16.8. The summed E-state index contributed by atoms with van der Waals surface area (Å²) >= 11 is 0. The molecular weight excluding hydrogens is 440 g/mol. The Balaban J connectivity index is 1.29. The third-order valence-corrected chi connectivity index (χ3v) is 5.92. The van der Waals surface area contributed by atoms with Crippen molar-refractivity contribution in [2.45, 2.75) is 58.5 Å². The van der Waals surface area contributed by atoms with Crippen LogP contribution in [0.25, 0.3) is 0 Å². The Morgan fingerprint density at radius 2 is 1.43 bits per heavy atom. The molecule has 190 valence electrons. The van der Waals surface area contributed by atoms with Crippen molar-refractivity contribution in [3.8, 4) is 0 Å². The lowest BCUT2D eigenvalue weighted by Crippen LogP contribution is -2.52. The predicted octanol–water partition coefficient (Wildman–Crippen LogP) is 5.99. The van der Waals surface area contributed by atoms with Crippen molar-refractivity contribution in [2.75, 3.05) is 43.4 Å². The van der Waals surface area contributed by atoms with Crippen molar-refractivity contribution in [1.82, 2.24) is 9.80 Å². The number of hydrogen-bond acceptors (Lipinski definition) is 4. The third-order valence-electron chi connectivity index (χ3n) is 5.92. The van der Waals surface area contributed by atoms with Crippen molar-refractivity contribution < 1.29 is 14.3 Å². The largest absolute Gasteiger partial charge is 0.444 e. The van der Waals surface area contributed by atoms with Gasteiger partial charge in [0.15, 0.2) is 0 Å². The van der Waals surface area contributed by atoms with Crippen molar-refractivity contribution in [2.24, 2.45) is 0 Å². The summed E-state index contributed by atoms with van der Waals surface area (Å²) in [5, 5.41) is 6.42. The number of aryl methyl sites for hydroxylation is 1. The van der Waals surface area contributed by atoms with Gasteiger partial charge in [-0.2, -0.15) is 0 Å². The van der Waals surface area contributed by atoms with Gasteiger partial charge in [0.2, 0.25) is 0 Å². The normalized spacial score (nSPS) is 13.9. The summed E-state index contributed by atoms with van der Waals surface area (Å²) in [6.45, 7) is 8.50. The van der Waals surface area contributed by atoms with Crippen LogP contribution in [0.15, 0.2) is 54.6 Å². The van der Waals surface area contributed by atoms with Crippen LogP contribution in [0.3, 0.4) is 0 Å². The maximum atomic E-state index is 12.6. The van der Waals surface area contributed by atoms with Crippen LogP contribution in [-0.4, -0.2) is 60.2 Å². The van der Waals surface area contributed by atoms with Crippen LogP contribution in [0, 0.1) is 0 Å². The Bertz CT molecular complexity index is 917. The average Bonchev–Trinajstić information content (AvgIpc) is 2.84. The van der Waals surface area contributed by atoms with E-state index >= 15 is 0 Å². The number of nitrogens with one attached hydrogen (secondary N) is 2. The number of urea groups is 1. The number of benzene rings is 2. The molecule has 35 heavy (non-hydrogen) atoms. The summed E-state index contributed by atoms with van der Waals surface area (Å²) in [4.78, 5) is 28.2. The van der Waals surface area contributed by atoms with Gasteiger partial charge in [0.05, 0.1) is 0 Å². The van der Waals surface area contributed by atoms with E-state index in [0.29, 0.717) is 26.2 Å². The van der Waals surface area contributed by atoms with E-state index in [9.17, 15) is 9.59 Å². The number of rotatable bonds is 9. The maximum absolute atomic E-state index is 12.6. The predicted molar refractivity (Wildman–Crippen MR) is 142 cm³/mol. The summed E-state index contributed by atoms with van der Waals surface area (Å²) in [5.41, 5.74) is 2.75. The summed E-state index contributed by atoms with van der Waals surface area (Å²) in [6.07, 6.45) is 5.49. The van der Waals surface area contributed by atoms with E-state index in [0.717, 1.165) is 18.7 Å². The Morgan fingerprint density at radius 3 is 2.09 bits per heavy atom. The van der Waals surface area contributed by atoms with E-state index in [-0.39, 0.29) is 12.1 Å². The number of amides is 3. The van der Waals surface area contributed by atoms with Gasteiger partial charge < -0.3 is 25.2 Å². The molecule has 0 spiro atoms. The van der Waals surface area contributed by atoms with Gasteiger partial charge in [-0.3, -0.25) is 0 Å². The molecular formula is C28H40N4O3. The first-order valence-corrected chi connectivity index (χ1v) is 12.7. The second-order valence-electron chi connectivity index (χ2n) is 10.0. The fourth-order valence-electron chi connectivity index (χ4n) is 3.97. The molecule has 0 radical (unpaired) electrons. The van der Waals surface area contributed by atoms with Gasteiger partial charge in [-0.15, -0.1) is 0 Å². The van der Waals surface area contributed by atoms with Crippen molar-refractivity contribution >= 4 is 23.5 Å². The minimum absolute atomic E-state index is 0.134. The topological polar surface area (TPSA) is 73.9 Å². The molecule has 7 nitrogen and oxygen atoms in total. The highest BCUT2D eigenvalue weighted by Gasteiger charge is 2.27. The van der Waals surface area contributed by atoms with E-state index in [4.69, 9.17) is 4.74 Å². The molecule has 3 rings (SSSR count). The van der Waals surface area contributed by atoms with E-state index < -0.39 is 5.60 Å². The number of hydrogen-bond donors (Lipinski definition) is 2. The van der Waals surface area contributed by atoms with Crippen molar-refractivity contribution in [1.29, 1.82) is 0 Å². The monoisotopic (exact) mass is 480 g/mol. The molecule has 1 heterocycles. The highest BCUT2D eigenvalue weighted by atomic mass is 16.6. The molecule has 0 atom stereocenters. The van der Waals surface area contributed by atoms with E-state index in [1.165, 1.54) is 36.9 Å². The number of carbonyl (C=O) groups is 2. The molecule has 0 unspecified atom stereocenters. The molecule has 0 aromatic heterocycles. The van der Waals surface area contributed by atoms with Crippen LogP contribution in [-0.2, 0) is 11.2 Å². The van der Waals surface area contributed by atoms with Gasteiger partial charge in [0, 0.05) is 44.1 Å². The van der Waals surface area contributed by atoms with Crippen LogP contribution in [0.1, 0.15) is 52.0 Å². The molecule has 1 fully saturated rings. The fourth-order valence-corrected chi connectivity index (χ4v) is 3.97. The van der Waals surface area contributed by atoms with Gasteiger partial charge >= 0.3 is 12.1 Å². The molecule has 1 saturated heterocycles. The zero-order valence-electron chi connectivity index (χ0n) is 21.4. The lowest BCUT2D eigenvalue weighted by molar-refractivity contribution is 0.0174. The SMILES string of the molecule is CC(C)(C)OC(=O)N1CCN(C(=O)Nc2ccc(CCCCCCNc3ccccc3)cc2)CC1. The highest BCUT2D eigenvalue weighted by Crippen LogP contribution is 2.16. The smallest absolute Gasteiger partial charge is 0.410 e. The van der Waals surface area contributed by atoms with Crippen LogP contribution >= 0.6 is 0 Å². The number of para-hydroxylation sites is 1. The van der Waals surface area contributed by atoms with Crippen LogP contribution in [0.2, 0.25) is 0 Å². The first-order valence-electron chi connectivity index (χ1n) is 12.7. The van der Waals surface area contributed by atoms with Gasteiger partial charge in [0.25, 0.3) is 0 Å². The number of piperazine rings is 1. The second-order valence-corrected chi connectivity index (χ2v) is 10.0. The molecule has 1 aliphatic heterocycles. The summed E-state index contributed by atoms with van der Waals surface area (Å²) in [7, 11) is 0. The molecule has 0 aliphatic carbocycles. The molecule has 1 aliphatic rings. The molecule has 3 amide bonds. The number of carbonyl (C=O) groups excluding carboxylic acids is 2.